The van der Waals surface area contributed by atoms with Crippen LogP contribution in [0, 0.1) is 27.7 Å². The molecule has 4 aromatic heterocycles. The first-order chi connectivity index (χ1) is 35.4. The summed E-state index contributed by atoms with van der Waals surface area (Å²) in [5.41, 5.74) is 16.4. The second-order valence-electron chi connectivity index (χ2n) is 19.3. The summed E-state index contributed by atoms with van der Waals surface area (Å²) in [5, 5.41) is 2.93. The van der Waals surface area contributed by atoms with Crippen molar-refractivity contribution in [1.29, 1.82) is 0 Å². The van der Waals surface area contributed by atoms with Crippen LogP contribution >= 0.6 is 0 Å². The molecule has 4 aromatic carbocycles. The first kappa shape index (κ1) is 59.3. The zero-order valence-electron chi connectivity index (χ0n) is 43.8. The number of benzene rings is 4. The van der Waals surface area contributed by atoms with E-state index in [9.17, 15) is 33.7 Å². The number of fused-ring (bicyclic) bond motifs is 7. The lowest BCUT2D eigenvalue weighted by atomic mass is 10.0. The van der Waals surface area contributed by atoms with Crippen LogP contribution in [0.15, 0.2) is 119 Å². The Morgan fingerprint density at radius 1 is 0.487 bits per heavy atom. The summed E-state index contributed by atoms with van der Waals surface area (Å²) in [7, 11) is -11.8. The van der Waals surface area contributed by atoms with Crippen LogP contribution in [0.5, 0.6) is 0 Å². The van der Waals surface area contributed by atoms with Crippen molar-refractivity contribution in [2.24, 2.45) is 0 Å². The van der Waals surface area contributed by atoms with Gasteiger partial charge in [0, 0.05) is 120 Å². The molecule has 0 saturated carbocycles. The molecule has 0 fully saturated rings. The van der Waals surface area contributed by atoms with E-state index in [-0.39, 0.29) is 10.8 Å². The Hall–Kier alpha value is -5.92. The second-order valence-corrected chi connectivity index (χ2v) is 25.0. The normalized spacial score (nSPS) is 14.0. The van der Waals surface area contributed by atoms with E-state index >= 15 is 0 Å². The van der Waals surface area contributed by atoms with Crippen molar-refractivity contribution < 1.29 is 51.9 Å². The van der Waals surface area contributed by atoms with E-state index in [0.717, 1.165) is 88.5 Å². The molecule has 0 atom stereocenters. The van der Waals surface area contributed by atoms with Gasteiger partial charge in [0.1, 0.15) is 9.79 Å². The molecule has 22 heteroatoms. The summed E-state index contributed by atoms with van der Waals surface area (Å²) in [6.07, 6.45) is 9.83. The van der Waals surface area contributed by atoms with Gasteiger partial charge in [-0.25, -0.2) is 0 Å². The number of pyridine rings is 2. The number of aromatic nitrogens is 4. The molecule has 0 spiro atoms. The topological polar surface area (TPSA) is 260 Å². The SMILES string of the molecule is CS(=O)(=O)O.CS(=O)(=O)O.Cc1ccc2c(c1)c1c(n2CCc2ccc(C)nc2)CCN(C)C1.Cc1ccc2c(c1)c1c(n2CCc2ccc(C)nc2)CCN(C)C1.O=S(=O)(O)c1cccc2c(S(=O)(=O)O)cccc12. The molecule has 0 radical (unpaired) electrons. The number of rotatable bonds is 8. The molecular weight excluding hydrogens is 1050 g/mol. The minimum absolute atomic E-state index is 0.0233. The lowest BCUT2D eigenvalue weighted by Gasteiger charge is -2.24. The van der Waals surface area contributed by atoms with E-state index in [1.807, 2.05) is 26.2 Å². The maximum atomic E-state index is 11.2. The number of aryl methyl sites for hydroxylation is 8. The summed E-state index contributed by atoms with van der Waals surface area (Å²) >= 11 is 0. The van der Waals surface area contributed by atoms with Crippen LogP contribution < -0.4 is 0 Å². The highest BCUT2D eigenvalue weighted by molar-refractivity contribution is 7.86. The molecule has 6 heterocycles. The first-order valence-corrected chi connectivity index (χ1v) is 30.7. The maximum Gasteiger partial charge on any atom is 0.295 e. The third kappa shape index (κ3) is 16.5. The van der Waals surface area contributed by atoms with Crippen molar-refractivity contribution in [2.45, 2.75) is 89.3 Å². The second kappa shape index (κ2) is 24.6. The van der Waals surface area contributed by atoms with Gasteiger partial charge in [0.05, 0.1) is 12.5 Å². The lowest BCUT2D eigenvalue weighted by Crippen LogP contribution is -2.27. The highest BCUT2D eigenvalue weighted by Gasteiger charge is 2.24. The van der Waals surface area contributed by atoms with E-state index in [0.29, 0.717) is 12.5 Å². The van der Waals surface area contributed by atoms with E-state index in [2.05, 4.69) is 118 Å². The van der Waals surface area contributed by atoms with Gasteiger partial charge in [0.25, 0.3) is 40.5 Å². The molecule has 18 nitrogen and oxygen atoms in total. The Bertz CT molecular complexity index is 3560. The zero-order chi connectivity index (χ0) is 55.9. The van der Waals surface area contributed by atoms with Gasteiger partial charge in [-0.1, -0.05) is 59.7 Å². The van der Waals surface area contributed by atoms with Crippen LogP contribution in [0.1, 0.15) is 56.2 Å². The lowest BCUT2D eigenvalue weighted by molar-refractivity contribution is 0.309. The highest BCUT2D eigenvalue weighted by Crippen LogP contribution is 2.34. The van der Waals surface area contributed by atoms with Gasteiger partial charge >= 0.3 is 0 Å². The van der Waals surface area contributed by atoms with Gasteiger partial charge in [-0.2, -0.15) is 33.7 Å². The van der Waals surface area contributed by atoms with E-state index in [4.69, 9.17) is 18.2 Å². The van der Waals surface area contributed by atoms with Crippen LogP contribution in [0.4, 0.5) is 0 Å². The molecule has 0 aliphatic carbocycles. The number of hydrogen-bond acceptors (Lipinski definition) is 12. The average Bonchev–Trinajstić information content (AvgIpc) is 3.79. The predicted molar refractivity (Wildman–Crippen MR) is 297 cm³/mol. The van der Waals surface area contributed by atoms with Gasteiger partial charge in [-0.05, 0) is 125 Å². The minimum Gasteiger partial charge on any atom is -0.344 e. The standard InChI is InChI=1S/2C21H25N3.C10H8O6S2.2CH4O3S/c2*1-15-4-7-20-18(12-15)19-14-23(3)10-9-21(19)24(20)11-8-17-6-5-16(2)22-13-17;11-17(12,13)9-5-1-3-7-8(9)4-2-6-10(7)18(14,15)16;2*1-5(2,3)4/h2*4-7,12-13H,8-11,14H2,1-3H3;1-6H,(H,11,12,13)(H,14,15,16);2*1H3,(H,2,3,4). The van der Waals surface area contributed by atoms with Crippen LogP contribution in [0.2, 0.25) is 0 Å². The average molecular weight is 1120 g/mol. The van der Waals surface area contributed by atoms with Gasteiger partial charge in [0.2, 0.25) is 0 Å². The predicted octanol–water partition coefficient (Wildman–Crippen LogP) is 8.11. The van der Waals surface area contributed by atoms with Gasteiger partial charge in [-0.3, -0.25) is 28.2 Å². The Balaban J connectivity index is 0.000000171. The molecule has 0 amide bonds. The van der Waals surface area contributed by atoms with Gasteiger partial charge in [-0.15, -0.1) is 0 Å². The van der Waals surface area contributed by atoms with Crippen molar-refractivity contribution in [3.63, 3.8) is 0 Å². The molecule has 2 aliphatic rings. The smallest absolute Gasteiger partial charge is 0.295 e. The maximum absolute atomic E-state index is 11.2. The van der Waals surface area contributed by atoms with Crippen molar-refractivity contribution in [3.05, 3.63) is 166 Å². The first-order valence-electron chi connectivity index (χ1n) is 24.2. The Morgan fingerprint density at radius 3 is 1.16 bits per heavy atom. The number of likely N-dealkylation sites (N-methyl/N-ethyl adjacent to an activating group) is 2. The summed E-state index contributed by atoms with van der Waals surface area (Å²) in [6, 6.07) is 30.0. The highest BCUT2D eigenvalue weighted by atomic mass is 32.2. The van der Waals surface area contributed by atoms with Crippen molar-refractivity contribution >= 4 is 73.1 Å². The molecule has 2 aliphatic heterocycles. The van der Waals surface area contributed by atoms with Crippen molar-refractivity contribution in [3.8, 4) is 0 Å². The van der Waals surface area contributed by atoms with Crippen LogP contribution in [0.3, 0.4) is 0 Å². The van der Waals surface area contributed by atoms with Gasteiger partial charge in [0.15, 0.2) is 0 Å². The molecule has 8 aromatic rings. The fraction of sp³-hybridized carbons (Fsp3) is 0.333. The molecule has 10 rings (SSSR count). The van der Waals surface area contributed by atoms with Crippen molar-refractivity contribution in [2.75, 3.05) is 39.7 Å². The summed E-state index contributed by atoms with van der Waals surface area (Å²) < 4.78 is 120. The fourth-order valence-electron chi connectivity index (χ4n) is 9.38. The molecule has 0 saturated heterocycles. The monoisotopic (exact) mass is 1120 g/mol. The Morgan fingerprint density at radius 2 is 0.842 bits per heavy atom. The quantitative estimate of drug-likeness (QED) is 0.105. The molecular formula is C54H66N6O12S4. The third-order valence-electron chi connectivity index (χ3n) is 12.8. The third-order valence-corrected chi connectivity index (χ3v) is 14.6. The van der Waals surface area contributed by atoms with Gasteiger partial charge < -0.3 is 18.9 Å². The number of nitrogens with zero attached hydrogens (tertiary/aromatic N) is 6. The molecule has 4 N–H and O–H groups in total. The molecule has 0 bridgehead atoms. The summed E-state index contributed by atoms with van der Waals surface area (Å²) in [5.74, 6) is 0. The summed E-state index contributed by atoms with van der Waals surface area (Å²) in [6.45, 7) is 14.9. The van der Waals surface area contributed by atoms with E-state index < -0.39 is 50.3 Å². The molecule has 0 unspecified atom stereocenters. The van der Waals surface area contributed by atoms with Crippen LogP contribution in [-0.4, -0.2) is 120 Å². The van der Waals surface area contributed by atoms with E-state index in [1.165, 1.54) is 90.8 Å². The fourth-order valence-corrected chi connectivity index (χ4v) is 10.8. The molecule has 76 heavy (non-hydrogen) atoms. The Kier molecular flexibility index (Phi) is 19.2. The minimum atomic E-state index is -4.47. The van der Waals surface area contributed by atoms with Crippen LogP contribution in [-0.2, 0) is 92.3 Å². The van der Waals surface area contributed by atoms with Crippen LogP contribution in [0.25, 0.3) is 32.6 Å². The van der Waals surface area contributed by atoms with E-state index in [1.54, 1.807) is 0 Å². The zero-order valence-corrected chi connectivity index (χ0v) is 47.1. The largest absolute Gasteiger partial charge is 0.344 e. The van der Waals surface area contributed by atoms with Crippen molar-refractivity contribution in [1.82, 2.24) is 28.9 Å². The number of hydrogen-bond donors (Lipinski definition) is 4. The molecule has 408 valence electrons. The Labute approximate surface area is 446 Å². The summed E-state index contributed by atoms with van der Waals surface area (Å²) in [4.78, 5) is 12.9.